The molecule has 21 heavy (non-hydrogen) atoms. The summed E-state index contributed by atoms with van der Waals surface area (Å²) in [5.74, 6) is 5.60. The van der Waals surface area contributed by atoms with Gasteiger partial charge in [0.15, 0.2) is 0 Å². The molecule has 1 heterocycles. The third-order valence-corrected chi connectivity index (χ3v) is 5.16. The molecule has 1 aromatic carbocycles. The summed E-state index contributed by atoms with van der Waals surface area (Å²) in [4.78, 5) is 0.187. The lowest BCUT2D eigenvalue weighted by atomic mass is 10.1. The number of nitrogens with zero attached hydrogens (tertiary/aromatic N) is 1. The van der Waals surface area contributed by atoms with Gasteiger partial charge in [0.1, 0.15) is 0 Å². The Hall–Kier alpha value is -1.39. The van der Waals surface area contributed by atoms with Gasteiger partial charge in [-0.1, -0.05) is 17.9 Å². The highest BCUT2D eigenvalue weighted by Crippen LogP contribution is 2.21. The quantitative estimate of drug-likeness (QED) is 0.800. The lowest BCUT2D eigenvalue weighted by Gasteiger charge is -2.29. The fourth-order valence-electron chi connectivity index (χ4n) is 2.24. The van der Waals surface area contributed by atoms with E-state index in [1.807, 2.05) is 0 Å². The summed E-state index contributed by atoms with van der Waals surface area (Å²) in [6.07, 6.45) is 1.06. The van der Waals surface area contributed by atoms with Crippen LogP contribution in [0, 0.1) is 11.8 Å². The summed E-state index contributed by atoms with van der Waals surface area (Å²) >= 11 is 0. The Morgan fingerprint density at radius 3 is 2.90 bits per heavy atom. The standard InChI is InChI=1S/C15H19NO4S/c17-10-2-1-5-13-6-3-8-15(11-13)21(19,20)16-9-4-7-14(18)12-16/h3,6,8,11,14,17-18H,2,4,7,9-10,12H2. The first-order valence-corrected chi connectivity index (χ1v) is 8.36. The van der Waals surface area contributed by atoms with Crippen molar-refractivity contribution in [2.24, 2.45) is 0 Å². The molecule has 6 heteroatoms. The van der Waals surface area contributed by atoms with Crippen LogP contribution >= 0.6 is 0 Å². The molecule has 1 atom stereocenters. The van der Waals surface area contributed by atoms with E-state index in [1.165, 1.54) is 16.4 Å². The molecule has 2 N–H and O–H groups in total. The van der Waals surface area contributed by atoms with Crippen molar-refractivity contribution in [3.8, 4) is 11.8 Å². The first-order chi connectivity index (χ1) is 10.0. The molecule has 0 saturated carbocycles. The third kappa shape index (κ3) is 4.05. The van der Waals surface area contributed by atoms with Crippen LogP contribution in [0.4, 0.5) is 0 Å². The second-order valence-electron chi connectivity index (χ2n) is 4.96. The SMILES string of the molecule is O=S(=O)(c1cccc(C#CCCO)c1)N1CCCC(O)C1. The van der Waals surface area contributed by atoms with Crippen LogP contribution in [0.25, 0.3) is 0 Å². The van der Waals surface area contributed by atoms with Crippen molar-refractivity contribution in [2.75, 3.05) is 19.7 Å². The topological polar surface area (TPSA) is 77.8 Å². The molecule has 5 nitrogen and oxygen atoms in total. The smallest absolute Gasteiger partial charge is 0.243 e. The van der Waals surface area contributed by atoms with Crippen molar-refractivity contribution >= 4 is 10.0 Å². The van der Waals surface area contributed by atoms with Crippen LogP contribution in [0.15, 0.2) is 29.2 Å². The molecule has 1 aliphatic rings. The predicted octanol–water partition coefficient (Wildman–Crippen LogP) is 0.566. The molecule has 0 aromatic heterocycles. The monoisotopic (exact) mass is 309 g/mol. The number of benzene rings is 1. The van der Waals surface area contributed by atoms with Crippen LogP contribution in [0.2, 0.25) is 0 Å². The average molecular weight is 309 g/mol. The number of aliphatic hydroxyl groups is 2. The molecule has 0 bridgehead atoms. The maximum absolute atomic E-state index is 12.5. The molecule has 2 rings (SSSR count). The van der Waals surface area contributed by atoms with Crippen LogP contribution in [0.1, 0.15) is 24.8 Å². The summed E-state index contributed by atoms with van der Waals surface area (Å²) in [5, 5.41) is 18.3. The summed E-state index contributed by atoms with van der Waals surface area (Å²) in [6, 6.07) is 6.44. The Balaban J connectivity index is 2.24. The molecule has 1 aliphatic heterocycles. The van der Waals surface area contributed by atoms with Gasteiger partial charge in [-0.15, -0.1) is 0 Å². The normalized spacial score (nSPS) is 19.8. The minimum absolute atomic E-state index is 0.0172. The zero-order valence-electron chi connectivity index (χ0n) is 11.7. The van der Waals surface area contributed by atoms with Gasteiger partial charge in [0.25, 0.3) is 0 Å². The van der Waals surface area contributed by atoms with E-state index >= 15 is 0 Å². The molecule has 1 aromatic rings. The highest BCUT2D eigenvalue weighted by molar-refractivity contribution is 7.89. The molecule has 0 radical (unpaired) electrons. The van der Waals surface area contributed by atoms with E-state index in [-0.39, 0.29) is 18.0 Å². The van der Waals surface area contributed by atoms with Gasteiger partial charge in [-0.2, -0.15) is 4.31 Å². The molecule has 0 amide bonds. The summed E-state index contributed by atoms with van der Waals surface area (Å²) < 4.78 is 26.4. The number of sulfonamides is 1. The van der Waals surface area contributed by atoms with Crippen molar-refractivity contribution in [1.29, 1.82) is 0 Å². The Kier molecular flexibility index (Phi) is 5.37. The van der Waals surface area contributed by atoms with E-state index in [0.29, 0.717) is 31.4 Å². The zero-order valence-corrected chi connectivity index (χ0v) is 12.5. The van der Waals surface area contributed by atoms with Crippen molar-refractivity contribution in [1.82, 2.24) is 4.31 Å². The summed E-state index contributed by atoms with van der Waals surface area (Å²) in [7, 11) is -3.59. The Morgan fingerprint density at radius 1 is 1.38 bits per heavy atom. The molecule has 1 unspecified atom stereocenters. The van der Waals surface area contributed by atoms with Gasteiger partial charge < -0.3 is 10.2 Å². The molecular formula is C15H19NO4S. The highest BCUT2D eigenvalue weighted by Gasteiger charge is 2.29. The second kappa shape index (κ2) is 7.05. The Bertz CT molecular complexity index is 645. The van der Waals surface area contributed by atoms with Crippen molar-refractivity contribution in [3.05, 3.63) is 29.8 Å². The minimum Gasteiger partial charge on any atom is -0.395 e. The van der Waals surface area contributed by atoms with E-state index < -0.39 is 16.1 Å². The summed E-state index contributed by atoms with van der Waals surface area (Å²) in [5.41, 5.74) is 0.599. The zero-order chi connectivity index (χ0) is 15.3. The maximum Gasteiger partial charge on any atom is 0.243 e. The van der Waals surface area contributed by atoms with E-state index in [1.54, 1.807) is 12.1 Å². The van der Waals surface area contributed by atoms with Crippen molar-refractivity contribution in [2.45, 2.75) is 30.3 Å². The van der Waals surface area contributed by atoms with Gasteiger partial charge in [-0.3, -0.25) is 0 Å². The van der Waals surface area contributed by atoms with Gasteiger partial charge in [0.05, 0.1) is 17.6 Å². The molecule has 1 fully saturated rings. The third-order valence-electron chi connectivity index (χ3n) is 3.30. The minimum atomic E-state index is -3.59. The molecular weight excluding hydrogens is 290 g/mol. The van der Waals surface area contributed by atoms with Crippen molar-refractivity contribution in [3.63, 3.8) is 0 Å². The van der Waals surface area contributed by atoms with Gasteiger partial charge in [-0.05, 0) is 31.0 Å². The molecule has 114 valence electrons. The van der Waals surface area contributed by atoms with Crippen LogP contribution in [-0.2, 0) is 10.0 Å². The molecule has 1 saturated heterocycles. The number of β-amino-alcohol motifs (C(OH)–C–C–N with tert-alkyl or cyclic N) is 1. The van der Waals surface area contributed by atoms with E-state index in [9.17, 15) is 13.5 Å². The summed E-state index contributed by atoms with van der Waals surface area (Å²) in [6.45, 7) is 0.555. The largest absolute Gasteiger partial charge is 0.395 e. The van der Waals surface area contributed by atoms with E-state index in [2.05, 4.69) is 11.8 Å². The van der Waals surface area contributed by atoms with Crippen molar-refractivity contribution < 1.29 is 18.6 Å². The highest BCUT2D eigenvalue weighted by atomic mass is 32.2. The Labute approximate surface area is 125 Å². The second-order valence-corrected chi connectivity index (χ2v) is 6.90. The predicted molar refractivity (Wildman–Crippen MR) is 79.0 cm³/mol. The molecule has 0 spiro atoms. The van der Waals surface area contributed by atoms with Crippen LogP contribution in [0.3, 0.4) is 0 Å². The average Bonchev–Trinajstić information content (AvgIpc) is 2.48. The Morgan fingerprint density at radius 2 is 2.19 bits per heavy atom. The number of hydrogen-bond donors (Lipinski definition) is 2. The molecule has 0 aliphatic carbocycles. The lowest BCUT2D eigenvalue weighted by Crippen LogP contribution is -2.42. The number of piperidine rings is 1. The van der Waals surface area contributed by atoms with Crippen LogP contribution < -0.4 is 0 Å². The first kappa shape index (κ1) is 16.0. The maximum atomic E-state index is 12.5. The number of rotatable bonds is 3. The van der Waals surface area contributed by atoms with Gasteiger partial charge in [-0.25, -0.2) is 8.42 Å². The van der Waals surface area contributed by atoms with E-state index in [0.717, 1.165) is 0 Å². The van der Waals surface area contributed by atoms with Crippen LogP contribution in [-0.4, -0.2) is 48.7 Å². The fourth-order valence-corrected chi connectivity index (χ4v) is 3.81. The first-order valence-electron chi connectivity index (χ1n) is 6.92. The fraction of sp³-hybridized carbons (Fsp3) is 0.467. The van der Waals surface area contributed by atoms with Gasteiger partial charge in [0.2, 0.25) is 10.0 Å². The van der Waals surface area contributed by atoms with E-state index in [4.69, 9.17) is 5.11 Å². The lowest BCUT2D eigenvalue weighted by molar-refractivity contribution is 0.108. The number of aliphatic hydroxyl groups excluding tert-OH is 2. The van der Waals surface area contributed by atoms with Gasteiger partial charge in [0, 0.05) is 25.1 Å². The van der Waals surface area contributed by atoms with Crippen LogP contribution in [0.5, 0.6) is 0 Å². The number of hydrogen-bond acceptors (Lipinski definition) is 4. The van der Waals surface area contributed by atoms with Gasteiger partial charge >= 0.3 is 0 Å².